The fraction of sp³-hybridized carbons (Fsp3) is 0.417. The van der Waals surface area contributed by atoms with Crippen molar-refractivity contribution in [3.05, 3.63) is 56.8 Å². The van der Waals surface area contributed by atoms with Gasteiger partial charge >= 0.3 is 0 Å². The first-order valence-electron chi connectivity index (χ1n) is 6.26. The summed E-state index contributed by atoms with van der Waals surface area (Å²) in [6.07, 6.45) is -1.03. The molecule has 0 spiro atoms. The van der Waals surface area contributed by atoms with E-state index in [-0.39, 0.29) is 13.1 Å². The number of nitrogens with zero attached hydrogens (tertiary/aromatic N) is 6. The van der Waals surface area contributed by atoms with Gasteiger partial charge in [-0.3, -0.25) is 4.79 Å². The second-order valence-electron chi connectivity index (χ2n) is 4.10. The zero-order chi connectivity index (χ0) is 15.5. The lowest BCUT2D eigenvalue weighted by molar-refractivity contribution is -0.130. The van der Waals surface area contributed by atoms with Crippen LogP contribution < -0.4 is 5.32 Å². The zero-order valence-corrected chi connectivity index (χ0v) is 11.2. The largest absolute Gasteiger partial charge is 0.382 e. The standard InChI is InChI=1S/C12H15N7O2/c13-18-16-8-4-7-15-12(21)11(20)10(17-19-14)9-5-2-1-3-6-9/h1-3,5-6,10-11,20H,4,7-8H2,(H,15,21)/t10-,11-/m1/s1. The van der Waals surface area contributed by atoms with Crippen molar-refractivity contribution in [2.75, 3.05) is 13.1 Å². The molecule has 9 nitrogen and oxygen atoms in total. The summed E-state index contributed by atoms with van der Waals surface area (Å²) in [4.78, 5) is 17.1. The van der Waals surface area contributed by atoms with Crippen LogP contribution in [-0.2, 0) is 4.79 Å². The predicted molar refractivity (Wildman–Crippen MR) is 76.0 cm³/mol. The molecule has 110 valence electrons. The van der Waals surface area contributed by atoms with Crippen molar-refractivity contribution in [2.45, 2.75) is 18.6 Å². The first kappa shape index (κ1) is 16.3. The first-order chi connectivity index (χ1) is 10.2. The molecule has 0 fully saturated rings. The maximum atomic E-state index is 11.8. The molecule has 2 N–H and O–H groups in total. The Morgan fingerprint density at radius 3 is 2.62 bits per heavy atom. The van der Waals surface area contributed by atoms with E-state index in [0.717, 1.165) is 0 Å². The molecule has 21 heavy (non-hydrogen) atoms. The fourth-order valence-corrected chi connectivity index (χ4v) is 1.67. The van der Waals surface area contributed by atoms with Crippen LogP contribution in [0, 0.1) is 0 Å². The van der Waals surface area contributed by atoms with Crippen LogP contribution in [-0.4, -0.2) is 30.2 Å². The zero-order valence-electron chi connectivity index (χ0n) is 11.2. The van der Waals surface area contributed by atoms with Crippen molar-refractivity contribution >= 4 is 5.91 Å². The van der Waals surface area contributed by atoms with Crippen LogP contribution in [0.4, 0.5) is 0 Å². The van der Waals surface area contributed by atoms with E-state index in [1.54, 1.807) is 30.3 Å². The third-order valence-corrected chi connectivity index (χ3v) is 2.68. The molecule has 1 amide bonds. The highest BCUT2D eigenvalue weighted by molar-refractivity contribution is 5.81. The minimum Gasteiger partial charge on any atom is -0.382 e. The first-order valence-corrected chi connectivity index (χ1v) is 6.26. The number of nitrogens with one attached hydrogen (secondary N) is 1. The highest BCUT2D eigenvalue weighted by Crippen LogP contribution is 2.21. The maximum absolute atomic E-state index is 11.8. The summed E-state index contributed by atoms with van der Waals surface area (Å²) >= 11 is 0. The molecule has 0 unspecified atom stereocenters. The van der Waals surface area contributed by atoms with Crippen LogP contribution >= 0.6 is 0 Å². The summed E-state index contributed by atoms with van der Waals surface area (Å²) in [5, 5.41) is 19.3. The summed E-state index contributed by atoms with van der Waals surface area (Å²) in [6, 6.07) is 7.56. The molecule has 0 aromatic heterocycles. The van der Waals surface area contributed by atoms with E-state index >= 15 is 0 Å². The molecule has 0 aliphatic heterocycles. The number of carbonyl (C=O) groups is 1. The molecule has 0 heterocycles. The Labute approximate surface area is 120 Å². The summed E-state index contributed by atoms with van der Waals surface area (Å²) in [5.74, 6) is -0.641. The smallest absolute Gasteiger partial charge is 0.249 e. The summed E-state index contributed by atoms with van der Waals surface area (Å²) in [5.41, 5.74) is 17.2. The van der Waals surface area contributed by atoms with Crippen LogP contribution in [0.15, 0.2) is 40.6 Å². The minimum absolute atomic E-state index is 0.255. The van der Waals surface area contributed by atoms with Gasteiger partial charge in [-0.15, -0.1) is 0 Å². The molecule has 0 bridgehead atoms. The third-order valence-electron chi connectivity index (χ3n) is 2.68. The maximum Gasteiger partial charge on any atom is 0.249 e. The molecule has 0 radical (unpaired) electrons. The van der Waals surface area contributed by atoms with E-state index in [1.807, 2.05) is 0 Å². The molecule has 1 aromatic carbocycles. The Balaban J connectivity index is 2.64. The third kappa shape index (κ3) is 5.42. The molecule has 9 heteroatoms. The quantitative estimate of drug-likeness (QED) is 0.327. The molecule has 2 atom stereocenters. The molecule has 0 aliphatic rings. The number of benzene rings is 1. The van der Waals surface area contributed by atoms with Gasteiger partial charge in [0.1, 0.15) is 6.10 Å². The van der Waals surface area contributed by atoms with Gasteiger partial charge < -0.3 is 10.4 Å². The van der Waals surface area contributed by atoms with Gasteiger partial charge in [0.15, 0.2) is 0 Å². The molecule has 1 rings (SSSR count). The van der Waals surface area contributed by atoms with Gasteiger partial charge in [0.2, 0.25) is 5.91 Å². The van der Waals surface area contributed by atoms with Crippen molar-refractivity contribution < 1.29 is 9.90 Å². The lowest BCUT2D eigenvalue weighted by atomic mass is 10.0. The summed E-state index contributed by atoms with van der Waals surface area (Å²) < 4.78 is 0. The van der Waals surface area contributed by atoms with E-state index in [0.29, 0.717) is 12.0 Å². The Morgan fingerprint density at radius 2 is 2.00 bits per heavy atom. The van der Waals surface area contributed by atoms with Crippen LogP contribution in [0.3, 0.4) is 0 Å². The molecule has 0 aliphatic carbocycles. The molecular weight excluding hydrogens is 274 g/mol. The predicted octanol–water partition coefficient (Wildman–Crippen LogP) is 2.22. The Kier molecular flexibility index (Phi) is 7.17. The number of amides is 1. The van der Waals surface area contributed by atoms with Gasteiger partial charge in [-0.2, -0.15) is 0 Å². The number of aliphatic hydroxyl groups excluding tert-OH is 1. The van der Waals surface area contributed by atoms with Gasteiger partial charge in [0.25, 0.3) is 0 Å². The molecule has 0 saturated heterocycles. The normalized spacial score (nSPS) is 12.4. The Morgan fingerprint density at radius 1 is 1.29 bits per heavy atom. The SMILES string of the molecule is [N-]=[N+]=NCCCNC(=O)[C@H](O)[C@H](N=[N+]=[N-])c1ccccc1. The molecule has 1 aromatic rings. The summed E-state index contributed by atoms with van der Waals surface area (Å²) in [6.45, 7) is 0.512. The topological polar surface area (TPSA) is 147 Å². The number of aliphatic hydroxyl groups is 1. The second-order valence-corrected chi connectivity index (χ2v) is 4.10. The van der Waals surface area contributed by atoms with Crippen LogP contribution in [0.1, 0.15) is 18.0 Å². The Bertz CT molecular complexity index is 550. The van der Waals surface area contributed by atoms with Crippen molar-refractivity contribution in [3.63, 3.8) is 0 Å². The monoisotopic (exact) mass is 289 g/mol. The van der Waals surface area contributed by atoms with Gasteiger partial charge in [0.05, 0.1) is 6.04 Å². The Hall–Kier alpha value is -2.73. The van der Waals surface area contributed by atoms with E-state index < -0.39 is 18.1 Å². The van der Waals surface area contributed by atoms with Crippen molar-refractivity contribution in [3.8, 4) is 0 Å². The highest BCUT2D eigenvalue weighted by atomic mass is 16.3. The highest BCUT2D eigenvalue weighted by Gasteiger charge is 2.26. The van der Waals surface area contributed by atoms with Gasteiger partial charge in [-0.25, -0.2) is 0 Å². The van der Waals surface area contributed by atoms with Crippen LogP contribution in [0.2, 0.25) is 0 Å². The van der Waals surface area contributed by atoms with Crippen molar-refractivity contribution in [1.29, 1.82) is 0 Å². The number of rotatable bonds is 8. The van der Waals surface area contributed by atoms with E-state index in [9.17, 15) is 9.90 Å². The number of carbonyl (C=O) groups excluding carboxylic acids is 1. The second kappa shape index (κ2) is 9.22. The fourth-order valence-electron chi connectivity index (χ4n) is 1.67. The summed E-state index contributed by atoms with van der Waals surface area (Å²) in [7, 11) is 0. The van der Waals surface area contributed by atoms with Gasteiger partial charge in [-0.05, 0) is 23.0 Å². The van der Waals surface area contributed by atoms with E-state index in [1.165, 1.54) is 0 Å². The van der Waals surface area contributed by atoms with Gasteiger partial charge in [0, 0.05) is 22.9 Å². The average Bonchev–Trinajstić information content (AvgIpc) is 2.52. The lowest BCUT2D eigenvalue weighted by Gasteiger charge is -2.18. The minimum atomic E-state index is -1.48. The number of azide groups is 2. The van der Waals surface area contributed by atoms with Crippen molar-refractivity contribution in [2.24, 2.45) is 10.2 Å². The molecule has 0 saturated carbocycles. The van der Waals surface area contributed by atoms with Crippen molar-refractivity contribution in [1.82, 2.24) is 5.32 Å². The number of hydrogen-bond acceptors (Lipinski definition) is 4. The average molecular weight is 289 g/mol. The van der Waals surface area contributed by atoms with Gasteiger partial charge in [-0.1, -0.05) is 40.6 Å². The van der Waals surface area contributed by atoms with Crippen LogP contribution in [0.5, 0.6) is 0 Å². The number of hydrogen-bond donors (Lipinski definition) is 2. The lowest BCUT2D eigenvalue weighted by Crippen LogP contribution is -2.38. The van der Waals surface area contributed by atoms with E-state index in [2.05, 4.69) is 25.4 Å². The van der Waals surface area contributed by atoms with E-state index in [4.69, 9.17) is 11.1 Å². The van der Waals surface area contributed by atoms with Crippen LogP contribution in [0.25, 0.3) is 20.9 Å². The molecular formula is C12H15N7O2.